The smallest absolute Gasteiger partial charge is 0.282 e. The molecule has 0 radical (unpaired) electrons. The lowest BCUT2D eigenvalue weighted by atomic mass is 9.99. The summed E-state index contributed by atoms with van der Waals surface area (Å²) >= 11 is 0. The van der Waals surface area contributed by atoms with Crippen molar-refractivity contribution in [1.82, 2.24) is 9.66 Å². The molecule has 5 rings (SSSR count). The molecule has 34 heavy (non-hydrogen) atoms. The third-order valence-electron chi connectivity index (χ3n) is 5.27. The lowest BCUT2D eigenvalue weighted by Crippen LogP contribution is -2.20. The van der Waals surface area contributed by atoms with E-state index in [2.05, 4.69) is 25.9 Å². The predicted octanol–water partition coefficient (Wildman–Crippen LogP) is 6.12. The standard InChI is InChI=1S/C28H25N3O3/c1-28(2,3)18-33-21-14-12-19(13-15-21)17-29-31-26(25-16-20-8-4-7-11-24(20)34-25)30-23-10-6-5-9-22(23)27(31)32/h4-17H,18H2,1-3H3. The van der Waals surface area contributed by atoms with Gasteiger partial charge in [-0.05, 0) is 59.5 Å². The van der Waals surface area contributed by atoms with Crippen LogP contribution in [0.2, 0.25) is 0 Å². The van der Waals surface area contributed by atoms with Gasteiger partial charge in [-0.2, -0.15) is 9.78 Å². The third-order valence-corrected chi connectivity index (χ3v) is 5.27. The van der Waals surface area contributed by atoms with E-state index in [0.717, 1.165) is 22.3 Å². The summed E-state index contributed by atoms with van der Waals surface area (Å²) in [6.45, 7) is 7.01. The summed E-state index contributed by atoms with van der Waals surface area (Å²) in [6.07, 6.45) is 1.64. The second-order valence-electron chi connectivity index (χ2n) is 9.38. The summed E-state index contributed by atoms with van der Waals surface area (Å²) in [5, 5.41) is 5.93. The van der Waals surface area contributed by atoms with Gasteiger partial charge >= 0.3 is 0 Å². The molecule has 0 bridgehead atoms. The highest BCUT2D eigenvalue weighted by molar-refractivity contribution is 5.84. The average Bonchev–Trinajstić information content (AvgIpc) is 3.26. The number of furan rings is 1. The Morgan fingerprint density at radius 2 is 1.74 bits per heavy atom. The Labute approximate surface area is 197 Å². The van der Waals surface area contributed by atoms with Crippen molar-refractivity contribution in [2.45, 2.75) is 20.8 Å². The minimum absolute atomic E-state index is 0.0808. The molecule has 0 atom stereocenters. The fraction of sp³-hybridized carbons (Fsp3) is 0.179. The van der Waals surface area contributed by atoms with E-state index >= 15 is 0 Å². The molecule has 170 valence electrons. The molecular weight excluding hydrogens is 426 g/mol. The first kappa shape index (κ1) is 21.6. The Morgan fingerprint density at radius 1 is 1.00 bits per heavy atom. The van der Waals surface area contributed by atoms with E-state index in [1.54, 1.807) is 12.3 Å². The molecule has 0 aliphatic heterocycles. The van der Waals surface area contributed by atoms with Gasteiger partial charge in [0.25, 0.3) is 5.56 Å². The second kappa shape index (κ2) is 8.63. The highest BCUT2D eigenvalue weighted by atomic mass is 16.5. The zero-order valence-electron chi connectivity index (χ0n) is 19.4. The first-order valence-corrected chi connectivity index (χ1v) is 11.2. The topological polar surface area (TPSA) is 69.6 Å². The molecule has 0 spiro atoms. The van der Waals surface area contributed by atoms with Crippen LogP contribution in [0.1, 0.15) is 26.3 Å². The molecule has 0 saturated heterocycles. The number of para-hydroxylation sites is 2. The van der Waals surface area contributed by atoms with E-state index in [4.69, 9.17) is 14.1 Å². The molecule has 3 aromatic carbocycles. The number of aromatic nitrogens is 2. The van der Waals surface area contributed by atoms with Crippen LogP contribution in [0.25, 0.3) is 33.5 Å². The first-order chi connectivity index (χ1) is 16.4. The van der Waals surface area contributed by atoms with Gasteiger partial charge in [0.2, 0.25) is 5.82 Å². The number of nitrogens with zero attached hydrogens (tertiary/aromatic N) is 3. The van der Waals surface area contributed by atoms with Crippen molar-refractivity contribution in [1.29, 1.82) is 0 Å². The molecule has 5 aromatic rings. The van der Waals surface area contributed by atoms with Gasteiger partial charge in [0.15, 0.2) is 5.76 Å². The summed E-state index contributed by atoms with van der Waals surface area (Å²) in [5.74, 6) is 1.62. The fourth-order valence-corrected chi connectivity index (χ4v) is 3.56. The maximum absolute atomic E-state index is 13.3. The zero-order chi connectivity index (χ0) is 23.7. The number of hydrogen-bond acceptors (Lipinski definition) is 5. The normalized spacial score (nSPS) is 12.1. The molecule has 0 saturated carbocycles. The van der Waals surface area contributed by atoms with Crippen LogP contribution in [-0.2, 0) is 0 Å². The van der Waals surface area contributed by atoms with E-state index in [-0.39, 0.29) is 11.0 Å². The van der Waals surface area contributed by atoms with Crippen LogP contribution < -0.4 is 10.3 Å². The molecule has 0 N–H and O–H groups in total. The Morgan fingerprint density at radius 3 is 2.50 bits per heavy atom. The van der Waals surface area contributed by atoms with Gasteiger partial charge in [0.05, 0.1) is 23.7 Å². The van der Waals surface area contributed by atoms with Crippen LogP contribution in [-0.4, -0.2) is 22.5 Å². The summed E-state index contributed by atoms with van der Waals surface area (Å²) in [7, 11) is 0. The Hall–Kier alpha value is -4.19. The lowest BCUT2D eigenvalue weighted by molar-refractivity contribution is 0.198. The molecule has 0 unspecified atom stereocenters. The number of fused-ring (bicyclic) bond motifs is 2. The maximum atomic E-state index is 13.3. The molecule has 0 aliphatic carbocycles. The summed E-state index contributed by atoms with van der Waals surface area (Å²) in [4.78, 5) is 18.1. The predicted molar refractivity (Wildman–Crippen MR) is 136 cm³/mol. The summed E-state index contributed by atoms with van der Waals surface area (Å²) in [6, 6.07) is 24.4. The molecule has 2 heterocycles. The van der Waals surface area contributed by atoms with Crippen molar-refractivity contribution < 1.29 is 9.15 Å². The fourth-order valence-electron chi connectivity index (χ4n) is 3.56. The third kappa shape index (κ3) is 4.48. The van der Waals surface area contributed by atoms with Crippen LogP contribution in [0.15, 0.2) is 93.2 Å². The maximum Gasteiger partial charge on any atom is 0.282 e. The zero-order valence-corrected chi connectivity index (χ0v) is 19.4. The van der Waals surface area contributed by atoms with Crippen molar-refractivity contribution >= 4 is 28.1 Å². The van der Waals surface area contributed by atoms with Crippen molar-refractivity contribution in [2.24, 2.45) is 10.5 Å². The van der Waals surface area contributed by atoms with E-state index in [9.17, 15) is 4.79 Å². The summed E-state index contributed by atoms with van der Waals surface area (Å²) in [5.41, 5.74) is 1.97. The van der Waals surface area contributed by atoms with Crippen LogP contribution in [0.5, 0.6) is 5.75 Å². The minimum atomic E-state index is -0.262. The van der Waals surface area contributed by atoms with Gasteiger partial charge in [0, 0.05) is 5.39 Å². The number of hydrogen-bond donors (Lipinski definition) is 0. The van der Waals surface area contributed by atoms with E-state index in [0.29, 0.717) is 29.1 Å². The molecule has 6 heteroatoms. The molecular formula is C28H25N3O3. The van der Waals surface area contributed by atoms with E-state index < -0.39 is 0 Å². The van der Waals surface area contributed by atoms with Gasteiger partial charge in [-0.3, -0.25) is 4.79 Å². The number of ether oxygens (including phenoxy) is 1. The second-order valence-corrected chi connectivity index (χ2v) is 9.38. The number of benzene rings is 3. The van der Waals surface area contributed by atoms with Gasteiger partial charge in [-0.15, -0.1) is 0 Å². The SMILES string of the molecule is CC(C)(C)COc1ccc(C=Nn2c(-c3cc4ccccc4o3)nc3ccccc3c2=O)cc1. The molecule has 0 amide bonds. The first-order valence-electron chi connectivity index (χ1n) is 11.2. The van der Waals surface area contributed by atoms with E-state index in [1.165, 1.54) is 4.68 Å². The quantitative estimate of drug-likeness (QED) is 0.302. The average molecular weight is 452 g/mol. The Kier molecular flexibility index (Phi) is 5.49. The Balaban J connectivity index is 1.54. The van der Waals surface area contributed by atoms with Crippen LogP contribution in [0.3, 0.4) is 0 Å². The highest BCUT2D eigenvalue weighted by Crippen LogP contribution is 2.27. The lowest BCUT2D eigenvalue weighted by Gasteiger charge is -2.18. The molecule has 0 fully saturated rings. The van der Waals surface area contributed by atoms with Gasteiger partial charge in [-0.1, -0.05) is 51.1 Å². The molecule has 2 aromatic heterocycles. The van der Waals surface area contributed by atoms with Crippen LogP contribution in [0.4, 0.5) is 0 Å². The van der Waals surface area contributed by atoms with Crippen LogP contribution in [0, 0.1) is 5.41 Å². The summed E-state index contributed by atoms with van der Waals surface area (Å²) < 4.78 is 13.1. The van der Waals surface area contributed by atoms with Crippen LogP contribution >= 0.6 is 0 Å². The van der Waals surface area contributed by atoms with Gasteiger partial charge in [0.1, 0.15) is 11.3 Å². The Bertz CT molecular complexity index is 1520. The van der Waals surface area contributed by atoms with Gasteiger partial charge in [-0.25, -0.2) is 4.98 Å². The minimum Gasteiger partial charge on any atom is -0.493 e. The van der Waals surface area contributed by atoms with Crippen molar-refractivity contribution in [3.63, 3.8) is 0 Å². The van der Waals surface area contributed by atoms with Crippen molar-refractivity contribution in [3.05, 3.63) is 94.8 Å². The molecule has 6 nitrogen and oxygen atoms in total. The molecule has 0 aliphatic rings. The highest BCUT2D eigenvalue weighted by Gasteiger charge is 2.16. The largest absolute Gasteiger partial charge is 0.493 e. The monoisotopic (exact) mass is 451 g/mol. The van der Waals surface area contributed by atoms with Crippen molar-refractivity contribution in [2.75, 3.05) is 6.61 Å². The van der Waals surface area contributed by atoms with E-state index in [1.807, 2.05) is 72.8 Å². The van der Waals surface area contributed by atoms with Gasteiger partial charge < -0.3 is 9.15 Å². The number of rotatable bonds is 5. The van der Waals surface area contributed by atoms with Crippen molar-refractivity contribution in [3.8, 4) is 17.3 Å².